The zero-order chi connectivity index (χ0) is 10.1. The van der Waals surface area contributed by atoms with E-state index in [1.165, 1.54) is 0 Å². The van der Waals surface area contributed by atoms with Crippen LogP contribution in [0.15, 0.2) is 23.1 Å². The van der Waals surface area contributed by atoms with Gasteiger partial charge >= 0.3 is 0 Å². The Morgan fingerprint density at radius 3 is 3.00 bits per heavy atom. The van der Waals surface area contributed by atoms with Crippen molar-refractivity contribution in [3.63, 3.8) is 0 Å². The summed E-state index contributed by atoms with van der Waals surface area (Å²) in [5.41, 5.74) is 0.792. The first-order valence-corrected chi connectivity index (χ1v) is 4.92. The molecular formula is C9H8BrN3O. The van der Waals surface area contributed by atoms with Crippen LogP contribution in [-0.4, -0.2) is 20.5 Å². The molecular weight excluding hydrogens is 246 g/mol. The van der Waals surface area contributed by atoms with Gasteiger partial charge in [0.1, 0.15) is 5.52 Å². The highest BCUT2D eigenvalue weighted by atomic mass is 79.9. The van der Waals surface area contributed by atoms with Gasteiger partial charge in [-0.25, -0.2) is 0 Å². The summed E-state index contributed by atoms with van der Waals surface area (Å²) in [5, 5.41) is 5.19. The first-order chi connectivity index (χ1) is 6.66. The molecule has 0 atom stereocenters. The van der Waals surface area contributed by atoms with Crippen LogP contribution < -0.4 is 0 Å². The van der Waals surface area contributed by atoms with Gasteiger partial charge in [0.05, 0.1) is 12.7 Å². The van der Waals surface area contributed by atoms with Gasteiger partial charge in [-0.2, -0.15) is 5.10 Å². The number of ketones is 1. The lowest BCUT2D eigenvalue weighted by Crippen LogP contribution is -2.05. The van der Waals surface area contributed by atoms with Crippen molar-refractivity contribution in [1.82, 2.24) is 14.8 Å². The summed E-state index contributed by atoms with van der Waals surface area (Å²) >= 11 is 3.38. The second-order valence-electron chi connectivity index (χ2n) is 3.08. The smallest absolute Gasteiger partial charge is 0.151 e. The number of aromatic nitrogens is 3. The highest BCUT2D eigenvalue weighted by molar-refractivity contribution is 9.10. The molecule has 14 heavy (non-hydrogen) atoms. The highest BCUT2D eigenvalue weighted by Crippen LogP contribution is 2.20. The zero-order valence-electron chi connectivity index (χ0n) is 7.57. The zero-order valence-corrected chi connectivity index (χ0v) is 9.15. The molecule has 0 unspecified atom stereocenters. The van der Waals surface area contributed by atoms with E-state index in [1.54, 1.807) is 24.0 Å². The van der Waals surface area contributed by atoms with E-state index < -0.39 is 0 Å². The first kappa shape index (κ1) is 9.33. The van der Waals surface area contributed by atoms with Crippen LogP contribution in [0.5, 0.6) is 0 Å². The van der Waals surface area contributed by atoms with E-state index in [1.807, 2.05) is 6.20 Å². The lowest BCUT2D eigenvalue weighted by atomic mass is 10.3. The maximum Gasteiger partial charge on any atom is 0.151 e. The average molecular weight is 254 g/mol. The normalized spacial score (nSPS) is 10.7. The predicted octanol–water partition coefficient (Wildman–Crippen LogP) is 1.78. The van der Waals surface area contributed by atoms with Crippen LogP contribution in [0.25, 0.3) is 10.9 Å². The number of hydrogen-bond donors (Lipinski definition) is 0. The third kappa shape index (κ3) is 1.68. The summed E-state index contributed by atoms with van der Waals surface area (Å²) in [6.45, 7) is 1.85. The molecule has 0 spiro atoms. The Bertz CT molecular complexity index is 492. The number of nitrogens with zero attached hydrogens (tertiary/aromatic N) is 3. The van der Waals surface area contributed by atoms with Crippen LogP contribution in [0.3, 0.4) is 0 Å². The fourth-order valence-electron chi connectivity index (χ4n) is 1.27. The quantitative estimate of drug-likeness (QED) is 0.820. The van der Waals surface area contributed by atoms with Crippen molar-refractivity contribution < 1.29 is 4.79 Å². The Morgan fingerprint density at radius 1 is 1.57 bits per heavy atom. The second-order valence-corrected chi connectivity index (χ2v) is 3.94. The summed E-state index contributed by atoms with van der Waals surface area (Å²) in [6, 6.07) is 0. The van der Waals surface area contributed by atoms with Gasteiger partial charge < -0.3 is 0 Å². The predicted molar refractivity (Wildman–Crippen MR) is 55.9 cm³/mol. The number of rotatable bonds is 2. The van der Waals surface area contributed by atoms with E-state index in [0.29, 0.717) is 6.54 Å². The number of Topliss-reactive ketones (excluding diaryl/α,β-unsaturated/α-hetero) is 1. The van der Waals surface area contributed by atoms with Gasteiger partial charge in [0.2, 0.25) is 0 Å². The fourth-order valence-corrected chi connectivity index (χ4v) is 1.69. The van der Waals surface area contributed by atoms with Crippen LogP contribution in [0.2, 0.25) is 0 Å². The standard InChI is InChI=1S/C9H8BrN3O/c1-6(14)4-13-5-7-8(10)2-11-3-9(7)12-13/h2-3,5H,4H2,1H3. The molecule has 0 saturated heterocycles. The van der Waals surface area contributed by atoms with E-state index in [-0.39, 0.29) is 5.78 Å². The van der Waals surface area contributed by atoms with Gasteiger partial charge in [0.25, 0.3) is 0 Å². The number of fused-ring (bicyclic) bond motifs is 1. The first-order valence-electron chi connectivity index (χ1n) is 4.13. The van der Waals surface area contributed by atoms with Crippen LogP contribution >= 0.6 is 15.9 Å². The molecule has 0 N–H and O–H groups in total. The van der Waals surface area contributed by atoms with Crippen molar-refractivity contribution in [2.24, 2.45) is 0 Å². The van der Waals surface area contributed by atoms with Crippen LogP contribution in [-0.2, 0) is 11.3 Å². The molecule has 0 radical (unpaired) electrons. The minimum absolute atomic E-state index is 0.0851. The monoisotopic (exact) mass is 253 g/mol. The van der Waals surface area contributed by atoms with Crippen molar-refractivity contribution >= 4 is 32.6 Å². The number of halogens is 1. The van der Waals surface area contributed by atoms with Gasteiger partial charge in [-0.3, -0.25) is 14.5 Å². The average Bonchev–Trinajstić information content (AvgIpc) is 2.47. The van der Waals surface area contributed by atoms with E-state index >= 15 is 0 Å². The van der Waals surface area contributed by atoms with Crippen molar-refractivity contribution in [1.29, 1.82) is 0 Å². The summed E-state index contributed by atoms with van der Waals surface area (Å²) < 4.78 is 2.52. The molecule has 0 fully saturated rings. The third-order valence-corrected chi connectivity index (χ3v) is 2.45. The molecule has 2 aromatic rings. The van der Waals surface area contributed by atoms with Crippen LogP contribution in [0.1, 0.15) is 6.92 Å². The summed E-state index contributed by atoms with van der Waals surface area (Å²) in [6.07, 6.45) is 5.22. The van der Waals surface area contributed by atoms with Crippen LogP contribution in [0.4, 0.5) is 0 Å². The summed E-state index contributed by atoms with van der Waals surface area (Å²) in [7, 11) is 0. The van der Waals surface area contributed by atoms with E-state index in [9.17, 15) is 4.79 Å². The Morgan fingerprint density at radius 2 is 2.36 bits per heavy atom. The molecule has 0 aliphatic heterocycles. The maximum absolute atomic E-state index is 10.9. The van der Waals surface area contributed by atoms with Crippen LogP contribution in [0, 0.1) is 0 Å². The van der Waals surface area contributed by atoms with Crippen molar-refractivity contribution in [3.8, 4) is 0 Å². The molecule has 4 nitrogen and oxygen atoms in total. The number of hydrogen-bond acceptors (Lipinski definition) is 3. The minimum atomic E-state index is 0.0851. The second kappa shape index (κ2) is 3.49. The Kier molecular flexibility index (Phi) is 2.33. The molecule has 2 heterocycles. The largest absolute Gasteiger partial charge is 0.298 e. The Hall–Kier alpha value is -1.23. The summed E-state index contributed by atoms with van der Waals surface area (Å²) in [5.74, 6) is 0.0851. The lowest BCUT2D eigenvalue weighted by molar-refractivity contribution is -0.117. The molecule has 0 saturated carbocycles. The minimum Gasteiger partial charge on any atom is -0.298 e. The van der Waals surface area contributed by atoms with E-state index in [4.69, 9.17) is 0 Å². The molecule has 2 rings (SSSR count). The van der Waals surface area contributed by atoms with Crippen molar-refractivity contribution in [3.05, 3.63) is 23.1 Å². The van der Waals surface area contributed by atoms with Crippen molar-refractivity contribution in [2.45, 2.75) is 13.5 Å². The molecule has 5 heteroatoms. The van der Waals surface area contributed by atoms with Gasteiger partial charge in [-0.05, 0) is 22.9 Å². The molecule has 72 valence electrons. The molecule has 0 aromatic carbocycles. The SMILES string of the molecule is CC(=O)Cn1cc2c(Br)cncc2n1. The Balaban J connectivity index is 2.51. The lowest BCUT2D eigenvalue weighted by Gasteiger charge is -1.93. The molecule has 0 amide bonds. The topological polar surface area (TPSA) is 47.8 Å². The van der Waals surface area contributed by atoms with Gasteiger partial charge in [-0.1, -0.05) is 0 Å². The van der Waals surface area contributed by atoms with Gasteiger partial charge in [-0.15, -0.1) is 0 Å². The number of pyridine rings is 1. The number of carbonyl (C=O) groups excluding carboxylic acids is 1. The maximum atomic E-state index is 10.9. The number of carbonyl (C=O) groups is 1. The van der Waals surface area contributed by atoms with Crippen molar-refractivity contribution in [2.75, 3.05) is 0 Å². The van der Waals surface area contributed by atoms with Gasteiger partial charge in [0.15, 0.2) is 5.78 Å². The fraction of sp³-hybridized carbons (Fsp3) is 0.222. The Labute approximate surface area is 89.1 Å². The molecule has 0 aliphatic carbocycles. The summed E-state index contributed by atoms with van der Waals surface area (Å²) in [4.78, 5) is 14.9. The van der Waals surface area contributed by atoms with E-state index in [2.05, 4.69) is 26.0 Å². The highest BCUT2D eigenvalue weighted by Gasteiger charge is 2.05. The van der Waals surface area contributed by atoms with E-state index in [0.717, 1.165) is 15.4 Å². The third-order valence-electron chi connectivity index (χ3n) is 1.82. The van der Waals surface area contributed by atoms with Gasteiger partial charge in [0, 0.05) is 22.3 Å². The molecule has 0 bridgehead atoms. The molecule has 0 aliphatic rings. The molecule has 2 aromatic heterocycles.